The summed E-state index contributed by atoms with van der Waals surface area (Å²) in [4.78, 5) is 4.36. The minimum Gasteiger partial charge on any atom is -0.360 e. The molecule has 0 radical (unpaired) electrons. The summed E-state index contributed by atoms with van der Waals surface area (Å²) in [5.41, 5.74) is 2.52. The van der Waals surface area contributed by atoms with Gasteiger partial charge in [-0.25, -0.2) is 4.39 Å². The Labute approximate surface area is 126 Å². The smallest absolute Gasteiger partial charge is 0.280 e. The SMILES string of the molecule is Fc1cccc(Cc2noc(-c3noc4c3CCCC4)n2)c1. The molecular formula is C16H14FN3O2. The molecule has 0 saturated heterocycles. The number of hydrogen-bond acceptors (Lipinski definition) is 5. The van der Waals surface area contributed by atoms with Gasteiger partial charge in [0.1, 0.15) is 11.6 Å². The maximum atomic E-state index is 13.2. The van der Waals surface area contributed by atoms with Crippen molar-refractivity contribution < 1.29 is 13.4 Å². The van der Waals surface area contributed by atoms with Crippen molar-refractivity contribution in [3.63, 3.8) is 0 Å². The van der Waals surface area contributed by atoms with Crippen LogP contribution in [0.3, 0.4) is 0 Å². The fourth-order valence-corrected chi connectivity index (χ4v) is 2.80. The van der Waals surface area contributed by atoms with Crippen molar-refractivity contribution in [2.75, 3.05) is 0 Å². The van der Waals surface area contributed by atoms with E-state index in [-0.39, 0.29) is 5.82 Å². The first-order valence-corrected chi connectivity index (χ1v) is 7.34. The van der Waals surface area contributed by atoms with Crippen LogP contribution in [0.5, 0.6) is 0 Å². The van der Waals surface area contributed by atoms with E-state index in [1.165, 1.54) is 12.1 Å². The highest BCUT2D eigenvalue weighted by Crippen LogP contribution is 2.30. The summed E-state index contributed by atoms with van der Waals surface area (Å²) in [6.45, 7) is 0. The summed E-state index contributed by atoms with van der Waals surface area (Å²) in [6, 6.07) is 6.37. The predicted octanol–water partition coefficient (Wildman–Crippen LogP) is 3.33. The lowest BCUT2D eigenvalue weighted by molar-refractivity contribution is 0.369. The number of benzene rings is 1. The molecule has 2 heterocycles. The lowest BCUT2D eigenvalue weighted by Crippen LogP contribution is -2.00. The van der Waals surface area contributed by atoms with E-state index in [0.717, 1.165) is 42.6 Å². The van der Waals surface area contributed by atoms with Gasteiger partial charge in [0.2, 0.25) is 0 Å². The van der Waals surface area contributed by atoms with Gasteiger partial charge in [-0.1, -0.05) is 22.4 Å². The van der Waals surface area contributed by atoms with Gasteiger partial charge in [0.05, 0.1) is 0 Å². The maximum absolute atomic E-state index is 13.2. The fraction of sp³-hybridized carbons (Fsp3) is 0.312. The topological polar surface area (TPSA) is 65.0 Å². The Morgan fingerprint density at radius 1 is 1.09 bits per heavy atom. The molecule has 22 heavy (non-hydrogen) atoms. The highest BCUT2D eigenvalue weighted by atomic mass is 19.1. The van der Waals surface area contributed by atoms with Gasteiger partial charge in [-0.2, -0.15) is 4.98 Å². The molecule has 2 aromatic heterocycles. The van der Waals surface area contributed by atoms with Crippen molar-refractivity contribution in [1.82, 2.24) is 15.3 Å². The first kappa shape index (κ1) is 13.2. The largest absolute Gasteiger partial charge is 0.360 e. The first-order valence-electron chi connectivity index (χ1n) is 7.34. The summed E-state index contributed by atoms with van der Waals surface area (Å²) < 4.78 is 23.9. The van der Waals surface area contributed by atoms with Gasteiger partial charge < -0.3 is 9.05 Å². The van der Waals surface area contributed by atoms with Gasteiger partial charge in [0.15, 0.2) is 11.5 Å². The molecule has 6 heteroatoms. The monoisotopic (exact) mass is 299 g/mol. The second-order valence-corrected chi connectivity index (χ2v) is 5.46. The summed E-state index contributed by atoms with van der Waals surface area (Å²) >= 11 is 0. The molecule has 1 aliphatic carbocycles. The van der Waals surface area contributed by atoms with E-state index in [2.05, 4.69) is 15.3 Å². The molecule has 5 nitrogen and oxygen atoms in total. The highest BCUT2D eigenvalue weighted by molar-refractivity contribution is 5.54. The van der Waals surface area contributed by atoms with Gasteiger partial charge in [-0.05, 0) is 37.0 Å². The van der Waals surface area contributed by atoms with E-state index in [1.54, 1.807) is 6.07 Å². The van der Waals surface area contributed by atoms with Crippen LogP contribution in [-0.2, 0) is 19.3 Å². The summed E-state index contributed by atoms with van der Waals surface area (Å²) in [6.07, 6.45) is 4.49. The summed E-state index contributed by atoms with van der Waals surface area (Å²) in [7, 11) is 0. The highest BCUT2D eigenvalue weighted by Gasteiger charge is 2.24. The Morgan fingerprint density at radius 3 is 2.91 bits per heavy atom. The van der Waals surface area contributed by atoms with Crippen LogP contribution in [0.2, 0.25) is 0 Å². The fourth-order valence-electron chi connectivity index (χ4n) is 2.80. The van der Waals surface area contributed by atoms with Crippen LogP contribution in [0.15, 0.2) is 33.3 Å². The van der Waals surface area contributed by atoms with Crippen molar-refractivity contribution in [3.8, 4) is 11.6 Å². The molecule has 0 N–H and O–H groups in total. The van der Waals surface area contributed by atoms with Crippen molar-refractivity contribution >= 4 is 0 Å². The first-order chi connectivity index (χ1) is 10.8. The number of halogens is 1. The van der Waals surface area contributed by atoms with Crippen LogP contribution >= 0.6 is 0 Å². The lowest BCUT2D eigenvalue weighted by atomic mass is 9.96. The van der Waals surface area contributed by atoms with E-state index < -0.39 is 0 Å². The van der Waals surface area contributed by atoms with E-state index in [1.807, 2.05) is 6.07 Å². The molecular weight excluding hydrogens is 285 g/mol. The molecule has 0 amide bonds. The number of rotatable bonds is 3. The standard InChI is InChI=1S/C16H14FN3O2/c17-11-5-3-4-10(8-11)9-14-18-16(22-19-14)15-12-6-1-2-7-13(12)21-20-15/h3-5,8H,1-2,6-7,9H2. The lowest BCUT2D eigenvalue weighted by Gasteiger charge is -2.07. The zero-order valence-corrected chi connectivity index (χ0v) is 11.9. The van der Waals surface area contributed by atoms with Crippen LogP contribution in [0.4, 0.5) is 4.39 Å². The van der Waals surface area contributed by atoms with E-state index in [9.17, 15) is 4.39 Å². The van der Waals surface area contributed by atoms with Crippen LogP contribution in [0.1, 0.15) is 35.6 Å². The minimum atomic E-state index is -0.271. The third kappa shape index (κ3) is 2.41. The average molecular weight is 299 g/mol. The molecule has 112 valence electrons. The van der Waals surface area contributed by atoms with Gasteiger partial charge >= 0.3 is 0 Å². The Bertz CT molecular complexity index is 809. The Morgan fingerprint density at radius 2 is 2.00 bits per heavy atom. The molecule has 0 saturated carbocycles. The second kappa shape index (κ2) is 5.36. The second-order valence-electron chi connectivity index (χ2n) is 5.46. The van der Waals surface area contributed by atoms with Crippen LogP contribution < -0.4 is 0 Å². The van der Waals surface area contributed by atoms with Crippen LogP contribution in [0.25, 0.3) is 11.6 Å². The molecule has 4 rings (SSSR count). The third-order valence-electron chi connectivity index (χ3n) is 3.87. The number of hydrogen-bond donors (Lipinski definition) is 0. The third-order valence-corrected chi connectivity index (χ3v) is 3.87. The molecule has 1 aliphatic rings. The Hall–Kier alpha value is -2.50. The van der Waals surface area contributed by atoms with Crippen molar-refractivity contribution in [2.45, 2.75) is 32.1 Å². The maximum Gasteiger partial charge on any atom is 0.280 e. The zero-order valence-electron chi connectivity index (χ0n) is 11.9. The summed E-state index contributed by atoms with van der Waals surface area (Å²) in [5.74, 6) is 1.53. The normalized spacial score (nSPS) is 14.0. The molecule has 0 fully saturated rings. The van der Waals surface area contributed by atoms with Crippen LogP contribution in [0, 0.1) is 5.82 Å². The minimum absolute atomic E-state index is 0.271. The van der Waals surface area contributed by atoms with E-state index in [0.29, 0.717) is 23.8 Å². The van der Waals surface area contributed by atoms with Crippen LogP contribution in [-0.4, -0.2) is 15.3 Å². The van der Waals surface area contributed by atoms with Crippen molar-refractivity contribution in [1.29, 1.82) is 0 Å². The zero-order chi connectivity index (χ0) is 14.9. The van der Waals surface area contributed by atoms with Crippen molar-refractivity contribution in [2.24, 2.45) is 0 Å². The van der Waals surface area contributed by atoms with Gasteiger partial charge in [0.25, 0.3) is 5.89 Å². The summed E-state index contributed by atoms with van der Waals surface area (Å²) in [5, 5.41) is 8.03. The average Bonchev–Trinajstić information content (AvgIpc) is 3.13. The number of aromatic nitrogens is 3. The number of aryl methyl sites for hydroxylation is 1. The molecule has 3 aromatic rings. The van der Waals surface area contributed by atoms with E-state index in [4.69, 9.17) is 9.05 Å². The molecule has 0 unspecified atom stereocenters. The van der Waals surface area contributed by atoms with Gasteiger partial charge in [0, 0.05) is 18.4 Å². The number of fused-ring (bicyclic) bond motifs is 1. The van der Waals surface area contributed by atoms with Crippen molar-refractivity contribution in [3.05, 3.63) is 52.8 Å². The van der Waals surface area contributed by atoms with E-state index >= 15 is 0 Å². The Kier molecular flexibility index (Phi) is 3.21. The predicted molar refractivity (Wildman–Crippen MR) is 75.6 cm³/mol. The number of nitrogens with zero attached hydrogens (tertiary/aromatic N) is 3. The molecule has 1 aromatic carbocycles. The molecule has 0 spiro atoms. The van der Waals surface area contributed by atoms with Gasteiger partial charge in [-0.3, -0.25) is 0 Å². The van der Waals surface area contributed by atoms with Gasteiger partial charge in [-0.15, -0.1) is 0 Å². The quantitative estimate of drug-likeness (QED) is 0.742. The molecule has 0 atom stereocenters. The Balaban J connectivity index is 1.60. The molecule has 0 bridgehead atoms. The molecule has 0 aliphatic heterocycles.